The molecule has 0 radical (unpaired) electrons. The first kappa shape index (κ1) is 10.6. The van der Waals surface area contributed by atoms with E-state index < -0.39 is 0 Å². The van der Waals surface area contributed by atoms with E-state index >= 15 is 0 Å². The summed E-state index contributed by atoms with van der Waals surface area (Å²) in [5.74, 6) is 1.12. The highest BCUT2D eigenvalue weighted by molar-refractivity contribution is 5.92. The normalized spacial score (nSPS) is 28.6. The third-order valence-electron chi connectivity index (χ3n) is 3.78. The van der Waals surface area contributed by atoms with Gasteiger partial charge in [-0.1, -0.05) is 0 Å². The van der Waals surface area contributed by atoms with Crippen molar-refractivity contribution in [2.24, 2.45) is 11.8 Å². The van der Waals surface area contributed by atoms with Gasteiger partial charge in [0.15, 0.2) is 0 Å². The van der Waals surface area contributed by atoms with E-state index in [-0.39, 0.29) is 11.6 Å². The summed E-state index contributed by atoms with van der Waals surface area (Å²) in [4.78, 5) is 32.2. The maximum Gasteiger partial charge on any atom is 0.323 e. The molecule has 2 aliphatic heterocycles. The highest BCUT2D eigenvalue weighted by atomic mass is 16.2. The largest absolute Gasteiger partial charge is 0.337 e. The van der Waals surface area contributed by atoms with Crippen molar-refractivity contribution in [3.8, 4) is 0 Å². The lowest BCUT2D eigenvalue weighted by Crippen LogP contribution is -2.32. The highest BCUT2D eigenvalue weighted by Gasteiger charge is 2.40. The van der Waals surface area contributed by atoms with Crippen LogP contribution in [0.5, 0.6) is 0 Å². The number of hydrogen-bond acceptors (Lipinski definition) is 3. The van der Waals surface area contributed by atoms with Crippen molar-refractivity contribution in [1.29, 1.82) is 0 Å². The summed E-state index contributed by atoms with van der Waals surface area (Å²) in [6, 6.07) is 0. The molecule has 1 aromatic rings. The molecule has 92 valence electrons. The number of aromatic amines is 2. The predicted molar refractivity (Wildman–Crippen MR) is 61.8 cm³/mol. The molecule has 0 spiro atoms. The van der Waals surface area contributed by atoms with Crippen molar-refractivity contribution in [1.82, 2.24) is 19.8 Å². The zero-order valence-corrected chi connectivity index (χ0v) is 9.77. The molecule has 2 N–H and O–H groups in total. The quantitative estimate of drug-likeness (QED) is 0.679. The maximum atomic E-state index is 12.1. The Morgan fingerprint density at radius 3 is 2.47 bits per heavy atom. The number of imidazole rings is 1. The molecule has 1 amide bonds. The molecule has 0 aliphatic carbocycles. The second-order valence-corrected chi connectivity index (χ2v) is 5.11. The summed E-state index contributed by atoms with van der Waals surface area (Å²) in [5.41, 5.74) is 0.0378. The summed E-state index contributed by atoms with van der Waals surface area (Å²) in [6.45, 7) is 3.75. The Hall–Kier alpha value is -1.56. The van der Waals surface area contributed by atoms with E-state index in [0.29, 0.717) is 17.5 Å². The number of likely N-dealkylation sites (tertiary alicyclic amines) is 2. The molecule has 0 saturated carbocycles. The van der Waals surface area contributed by atoms with E-state index in [9.17, 15) is 9.59 Å². The van der Waals surface area contributed by atoms with Gasteiger partial charge < -0.3 is 19.8 Å². The van der Waals surface area contributed by atoms with Crippen molar-refractivity contribution >= 4 is 5.91 Å². The standard InChI is InChI=1S/C11H16N4O2/c1-14-3-7-5-15(6-8(7)4-14)10(16)9-2-12-11(17)13-9/h2,7-8H,3-6H2,1H3,(H2,12,13,17). The lowest BCUT2D eigenvalue weighted by Gasteiger charge is -2.18. The average Bonchev–Trinajstić information content (AvgIpc) is 2.90. The number of nitrogens with zero attached hydrogens (tertiary/aromatic N) is 2. The van der Waals surface area contributed by atoms with Crippen LogP contribution >= 0.6 is 0 Å². The SMILES string of the molecule is CN1CC2CN(C(=O)c3c[nH]c(=O)[nH]3)CC2C1. The third kappa shape index (κ3) is 1.78. The van der Waals surface area contributed by atoms with Gasteiger partial charge in [-0.2, -0.15) is 0 Å². The zero-order valence-electron chi connectivity index (χ0n) is 9.77. The van der Waals surface area contributed by atoms with Crippen LogP contribution in [0.25, 0.3) is 0 Å². The summed E-state index contributed by atoms with van der Waals surface area (Å²) >= 11 is 0. The molecule has 2 saturated heterocycles. The van der Waals surface area contributed by atoms with Gasteiger partial charge in [0.1, 0.15) is 5.69 Å². The zero-order chi connectivity index (χ0) is 12.0. The monoisotopic (exact) mass is 236 g/mol. The van der Waals surface area contributed by atoms with Crippen LogP contribution in [0, 0.1) is 11.8 Å². The average molecular weight is 236 g/mol. The van der Waals surface area contributed by atoms with Gasteiger partial charge in [-0.25, -0.2) is 4.79 Å². The summed E-state index contributed by atoms with van der Waals surface area (Å²) in [6.07, 6.45) is 1.45. The molecule has 17 heavy (non-hydrogen) atoms. The van der Waals surface area contributed by atoms with Crippen LogP contribution in [0.3, 0.4) is 0 Å². The molecule has 3 heterocycles. The number of amides is 1. The van der Waals surface area contributed by atoms with Crippen LogP contribution in [-0.4, -0.2) is 58.9 Å². The molecule has 0 aromatic carbocycles. The van der Waals surface area contributed by atoms with Gasteiger partial charge in [-0.3, -0.25) is 4.79 Å². The molecule has 3 rings (SSSR count). The number of nitrogens with one attached hydrogen (secondary N) is 2. The van der Waals surface area contributed by atoms with E-state index in [1.165, 1.54) is 6.20 Å². The molecule has 0 bridgehead atoms. The molecule has 2 fully saturated rings. The lowest BCUT2D eigenvalue weighted by atomic mass is 10.0. The van der Waals surface area contributed by atoms with E-state index in [2.05, 4.69) is 21.9 Å². The smallest absolute Gasteiger partial charge is 0.323 e. The minimum Gasteiger partial charge on any atom is -0.337 e. The van der Waals surface area contributed by atoms with E-state index in [1.807, 2.05) is 4.90 Å². The second kappa shape index (κ2) is 3.73. The van der Waals surface area contributed by atoms with E-state index in [4.69, 9.17) is 0 Å². The number of fused-ring (bicyclic) bond motifs is 1. The highest BCUT2D eigenvalue weighted by Crippen LogP contribution is 2.30. The molecule has 2 unspecified atom stereocenters. The van der Waals surface area contributed by atoms with Crippen molar-refractivity contribution in [3.63, 3.8) is 0 Å². The number of rotatable bonds is 1. The minimum absolute atomic E-state index is 0.0691. The van der Waals surface area contributed by atoms with E-state index in [0.717, 1.165) is 26.2 Å². The van der Waals surface area contributed by atoms with Crippen LogP contribution in [0.1, 0.15) is 10.5 Å². The number of hydrogen-bond donors (Lipinski definition) is 2. The van der Waals surface area contributed by atoms with E-state index in [1.54, 1.807) is 0 Å². The van der Waals surface area contributed by atoms with Crippen LogP contribution < -0.4 is 5.69 Å². The van der Waals surface area contributed by atoms with Crippen molar-refractivity contribution in [2.75, 3.05) is 33.2 Å². The molecule has 6 nitrogen and oxygen atoms in total. The Morgan fingerprint density at radius 1 is 1.29 bits per heavy atom. The number of H-pyrrole nitrogens is 2. The third-order valence-corrected chi connectivity index (χ3v) is 3.78. The fourth-order valence-corrected chi connectivity index (χ4v) is 3.01. The molecule has 6 heteroatoms. The maximum absolute atomic E-state index is 12.1. The van der Waals surface area contributed by atoms with Crippen LogP contribution in [0.4, 0.5) is 0 Å². The number of aromatic nitrogens is 2. The number of carbonyl (C=O) groups is 1. The molecular formula is C11H16N4O2. The molecule has 1 aromatic heterocycles. The Morgan fingerprint density at radius 2 is 1.94 bits per heavy atom. The summed E-state index contributed by atoms with van der Waals surface area (Å²) < 4.78 is 0. The molecule has 2 aliphatic rings. The lowest BCUT2D eigenvalue weighted by molar-refractivity contribution is 0.0770. The number of carbonyl (C=O) groups excluding carboxylic acids is 1. The Bertz CT molecular complexity index is 478. The van der Waals surface area contributed by atoms with Gasteiger partial charge >= 0.3 is 5.69 Å². The summed E-state index contributed by atoms with van der Waals surface area (Å²) in [7, 11) is 2.12. The second-order valence-electron chi connectivity index (χ2n) is 5.11. The van der Waals surface area contributed by atoms with Crippen LogP contribution in [0.2, 0.25) is 0 Å². The van der Waals surface area contributed by atoms with Gasteiger partial charge in [0, 0.05) is 32.4 Å². The Kier molecular flexibility index (Phi) is 2.32. The van der Waals surface area contributed by atoms with Gasteiger partial charge in [0.25, 0.3) is 5.91 Å². The van der Waals surface area contributed by atoms with Crippen molar-refractivity contribution in [2.45, 2.75) is 0 Å². The van der Waals surface area contributed by atoms with Crippen molar-refractivity contribution < 1.29 is 4.79 Å². The van der Waals surface area contributed by atoms with Gasteiger partial charge in [0.2, 0.25) is 0 Å². The Balaban J connectivity index is 1.72. The van der Waals surface area contributed by atoms with Gasteiger partial charge in [-0.05, 0) is 18.9 Å². The molecule has 2 atom stereocenters. The Labute approximate surface area is 98.6 Å². The first-order valence-electron chi connectivity index (χ1n) is 5.89. The topological polar surface area (TPSA) is 72.2 Å². The first-order valence-corrected chi connectivity index (χ1v) is 5.89. The van der Waals surface area contributed by atoms with Crippen LogP contribution in [-0.2, 0) is 0 Å². The first-order chi connectivity index (χ1) is 8.13. The van der Waals surface area contributed by atoms with Crippen molar-refractivity contribution in [3.05, 3.63) is 22.4 Å². The summed E-state index contributed by atoms with van der Waals surface area (Å²) in [5, 5.41) is 0. The minimum atomic E-state index is -0.326. The predicted octanol–water partition coefficient (Wildman–Crippen LogP) is -0.663. The fourth-order valence-electron chi connectivity index (χ4n) is 3.01. The fraction of sp³-hybridized carbons (Fsp3) is 0.636. The molecular weight excluding hydrogens is 220 g/mol. The van der Waals surface area contributed by atoms with Gasteiger partial charge in [-0.15, -0.1) is 0 Å². The van der Waals surface area contributed by atoms with Crippen LogP contribution in [0.15, 0.2) is 11.0 Å². The van der Waals surface area contributed by atoms with Gasteiger partial charge in [0.05, 0.1) is 0 Å².